The van der Waals surface area contributed by atoms with E-state index in [-0.39, 0.29) is 11.6 Å². The minimum atomic E-state index is -0.0894. The first kappa shape index (κ1) is 17.8. The zero-order valence-corrected chi connectivity index (χ0v) is 17.3. The van der Waals surface area contributed by atoms with Gasteiger partial charge in [-0.05, 0) is 24.6 Å². The maximum atomic E-state index is 13.7. The molecule has 148 valence electrons. The SMILES string of the molecule is Cc1ccc(-c2cc3c(c4c5ccccc5n(C)c24)C(=O)c2ccccc2C3=O)cc1. The number of benzene rings is 4. The largest absolute Gasteiger partial charge is 0.343 e. The topological polar surface area (TPSA) is 39.1 Å². The summed E-state index contributed by atoms with van der Waals surface area (Å²) < 4.78 is 2.14. The highest BCUT2D eigenvalue weighted by molar-refractivity contribution is 6.35. The monoisotopic (exact) mass is 401 g/mol. The van der Waals surface area contributed by atoms with E-state index in [1.807, 2.05) is 43.4 Å². The molecule has 0 saturated carbocycles. The minimum absolute atomic E-state index is 0.0815. The third-order valence-electron chi connectivity index (χ3n) is 6.42. The third-order valence-corrected chi connectivity index (χ3v) is 6.42. The van der Waals surface area contributed by atoms with Gasteiger partial charge < -0.3 is 4.57 Å². The molecule has 1 aliphatic carbocycles. The number of carbonyl (C=O) groups excluding carboxylic acids is 2. The molecule has 0 radical (unpaired) electrons. The van der Waals surface area contributed by atoms with Crippen LogP contribution in [0.3, 0.4) is 0 Å². The van der Waals surface area contributed by atoms with Crippen LogP contribution in [0, 0.1) is 6.92 Å². The summed E-state index contributed by atoms with van der Waals surface area (Å²) in [5, 5.41) is 1.85. The van der Waals surface area contributed by atoms with Gasteiger partial charge in [0.15, 0.2) is 11.6 Å². The number of nitrogens with zero attached hydrogens (tertiary/aromatic N) is 1. The lowest BCUT2D eigenvalue weighted by atomic mass is 9.80. The Hall–Kier alpha value is -3.98. The average molecular weight is 401 g/mol. The Balaban J connectivity index is 1.83. The molecule has 1 heterocycles. The molecule has 0 saturated heterocycles. The molecular weight excluding hydrogens is 382 g/mol. The van der Waals surface area contributed by atoms with Crippen molar-refractivity contribution in [3.63, 3.8) is 0 Å². The molecule has 5 aromatic rings. The van der Waals surface area contributed by atoms with Gasteiger partial charge >= 0.3 is 0 Å². The predicted molar refractivity (Wildman–Crippen MR) is 124 cm³/mol. The van der Waals surface area contributed by atoms with Gasteiger partial charge in [-0.25, -0.2) is 0 Å². The Labute approximate surface area is 179 Å². The summed E-state index contributed by atoms with van der Waals surface area (Å²) in [4.78, 5) is 27.2. The fourth-order valence-electron chi connectivity index (χ4n) is 4.91. The van der Waals surface area contributed by atoms with Crippen LogP contribution in [0.4, 0.5) is 0 Å². The van der Waals surface area contributed by atoms with E-state index in [2.05, 4.69) is 41.8 Å². The Morgan fingerprint density at radius 2 is 1.32 bits per heavy atom. The van der Waals surface area contributed by atoms with Crippen LogP contribution in [-0.2, 0) is 7.05 Å². The first-order valence-corrected chi connectivity index (χ1v) is 10.4. The van der Waals surface area contributed by atoms with Crippen molar-refractivity contribution in [2.45, 2.75) is 6.92 Å². The molecular formula is C28H19NO2. The van der Waals surface area contributed by atoms with Crippen molar-refractivity contribution in [3.05, 3.63) is 107 Å². The Morgan fingerprint density at radius 1 is 0.677 bits per heavy atom. The molecule has 1 aromatic heterocycles. The van der Waals surface area contributed by atoms with E-state index in [1.54, 1.807) is 12.1 Å². The van der Waals surface area contributed by atoms with E-state index in [1.165, 1.54) is 5.56 Å². The standard InChI is InChI=1S/C28H19NO2/c1-16-11-13-17(14-12-16)21-15-22-25(28(31)19-8-4-3-7-18(19)27(22)30)24-20-9-5-6-10-23(20)29(2)26(21)24/h3-15H,1-2H3. The van der Waals surface area contributed by atoms with Crippen LogP contribution in [0.2, 0.25) is 0 Å². The number of hydrogen-bond acceptors (Lipinski definition) is 2. The third kappa shape index (κ3) is 2.34. The summed E-state index contributed by atoms with van der Waals surface area (Å²) in [6.07, 6.45) is 0. The molecule has 3 heteroatoms. The van der Waals surface area contributed by atoms with Crippen LogP contribution in [-0.4, -0.2) is 16.1 Å². The van der Waals surface area contributed by atoms with Crippen molar-refractivity contribution >= 4 is 33.4 Å². The zero-order chi connectivity index (χ0) is 21.3. The van der Waals surface area contributed by atoms with Gasteiger partial charge in [-0.15, -0.1) is 0 Å². The average Bonchev–Trinajstić information content (AvgIpc) is 3.10. The van der Waals surface area contributed by atoms with Crippen LogP contribution >= 0.6 is 0 Å². The van der Waals surface area contributed by atoms with Crippen LogP contribution < -0.4 is 0 Å². The van der Waals surface area contributed by atoms with Gasteiger partial charge in [0, 0.05) is 51.2 Å². The Bertz CT molecular complexity index is 1570. The van der Waals surface area contributed by atoms with E-state index in [9.17, 15) is 9.59 Å². The van der Waals surface area contributed by atoms with Gasteiger partial charge in [0.05, 0.1) is 5.52 Å². The highest BCUT2D eigenvalue weighted by Crippen LogP contribution is 2.42. The first-order valence-electron chi connectivity index (χ1n) is 10.4. The molecule has 0 aliphatic heterocycles. The van der Waals surface area contributed by atoms with Crippen LogP contribution in [0.25, 0.3) is 32.9 Å². The number of aromatic nitrogens is 1. The number of ketones is 2. The van der Waals surface area contributed by atoms with E-state index in [4.69, 9.17) is 0 Å². The quantitative estimate of drug-likeness (QED) is 0.335. The van der Waals surface area contributed by atoms with Crippen LogP contribution in [0.15, 0.2) is 78.9 Å². The maximum absolute atomic E-state index is 13.7. The molecule has 1 aliphatic rings. The molecule has 31 heavy (non-hydrogen) atoms. The second-order valence-electron chi connectivity index (χ2n) is 8.22. The Morgan fingerprint density at radius 3 is 2.06 bits per heavy atom. The van der Waals surface area contributed by atoms with Gasteiger partial charge in [-0.2, -0.15) is 0 Å². The van der Waals surface area contributed by atoms with E-state index >= 15 is 0 Å². The van der Waals surface area contributed by atoms with E-state index < -0.39 is 0 Å². The summed E-state index contributed by atoms with van der Waals surface area (Å²) in [5.74, 6) is -0.171. The van der Waals surface area contributed by atoms with Crippen LogP contribution in [0.5, 0.6) is 0 Å². The lowest BCUT2D eigenvalue weighted by Crippen LogP contribution is -2.21. The number of fused-ring (bicyclic) bond motifs is 6. The van der Waals surface area contributed by atoms with Crippen molar-refractivity contribution in [2.24, 2.45) is 7.05 Å². The second-order valence-corrected chi connectivity index (χ2v) is 8.22. The number of hydrogen-bond donors (Lipinski definition) is 0. The number of aryl methyl sites for hydroxylation is 2. The van der Waals surface area contributed by atoms with E-state index in [0.29, 0.717) is 22.3 Å². The predicted octanol–water partition coefficient (Wildman–Crippen LogP) is 6.08. The number of para-hydroxylation sites is 1. The van der Waals surface area contributed by atoms with Gasteiger partial charge in [-0.1, -0.05) is 72.3 Å². The van der Waals surface area contributed by atoms with Gasteiger partial charge in [-0.3, -0.25) is 9.59 Å². The highest BCUT2D eigenvalue weighted by atomic mass is 16.1. The minimum Gasteiger partial charge on any atom is -0.343 e. The summed E-state index contributed by atoms with van der Waals surface area (Å²) in [7, 11) is 2.03. The van der Waals surface area contributed by atoms with Crippen molar-refractivity contribution < 1.29 is 9.59 Å². The maximum Gasteiger partial charge on any atom is 0.195 e. The van der Waals surface area contributed by atoms with Crippen molar-refractivity contribution in [2.75, 3.05) is 0 Å². The normalized spacial score (nSPS) is 13.0. The highest BCUT2D eigenvalue weighted by Gasteiger charge is 2.33. The molecule has 0 amide bonds. The summed E-state index contributed by atoms with van der Waals surface area (Å²) in [5.41, 5.74) is 7.16. The summed E-state index contributed by atoms with van der Waals surface area (Å²) >= 11 is 0. The molecule has 0 unspecified atom stereocenters. The fraction of sp³-hybridized carbons (Fsp3) is 0.0714. The molecule has 3 nitrogen and oxygen atoms in total. The summed E-state index contributed by atoms with van der Waals surface area (Å²) in [6.45, 7) is 2.06. The van der Waals surface area contributed by atoms with Crippen LogP contribution in [0.1, 0.15) is 37.4 Å². The van der Waals surface area contributed by atoms with Crippen molar-refractivity contribution in [3.8, 4) is 11.1 Å². The first-order chi connectivity index (χ1) is 15.1. The molecule has 6 rings (SSSR count). The second kappa shape index (κ2) is 6.26. The molecule has 0 fully saturated rings. The zero-order valence-electron chi connectivity index (χ0n) is 17.3. The molecule has 0 atom stereocenters. The number of rotatable bonds is 1. The van der Waals surface area contributed by atoms with Gasteiger partial charge in [0.1, 0.15) is 0 Å². The lowest BCUT2D eigenvalue weighted by molar-refractivity contribution is 0.0980. The molecule has 0 N–H and O–H groups in total. The fourth-order valence-corrected chi connectivity index (χ4v) is 4.91. The molecule has 4 aromatic carbocycles. The molecule has 0 bridgehead atoms. The Kier molecular flexibility index (Phi) is 3.60. The van der Waals surface area contributed by atoms with Gasteiger partial charge in [0.25, 0.3) is 0 Å². The lowest BCUT2D eigenvalue weighted by Gasteiger charge is -2.20. The van der Waals surface area contributed by atoms with Crippen molar-refractivity contribution in [1.29, 1.82) is 0 Å². The van der Waals surface area contributed by atoms with E-state index in [0.717, 1.165) is 32.9 Å². The molecule has 0 spiro atoms. The van der Waals surface area contributed by atoms with Gasteiger partial charge in [0.2, 0.25) is 0 Å². The smallest absolute Gasteiger partial charge is 0.195 e. The summed E-state index contributed by atoms with van der Waals surface area (Å²) in [6, 6.07) is 25.4. The number of carbonyl (C=O) groups is 2. The van der Waals surface area contributed by atoms with Crippen molar-refractivity contribution in [1.82, 2.24) is 4.57 Å².